The number of aryl methyl sites for hydroxylation is 1. The summed E-state index contributed by atoms with van der Waals surface area (Å²) < 4.78 is 5.07. The molecule has 0 saturated carbocycles. The zero-order valence-electron chi connectivity index (χ0n) is 38.6. The molecule has 12 aromatic rings. The van der Waals surface area contributed by atoms with E-state index in [1.807, 2.05) is 11.3 Å². The molecule has 0 saturated heterocycles. The first-order chi connectivity index (χ1) is 33.3. The van der Waals surface area contributed by atoms with Gasteiger partial charge in [-0.1, -0.05) is 166 Å². The minimum Gasteiger partial charge on any atom is -0.309 e. The summed E-state index contributed by atoms with van der Waals surface area (Å²) in [6, 6.07) is 81.1. The second-order valence-corrected chi connectivity index (χ2v) is 20.0. The van der Waals surface area contributed by atoms with Crippen LogP contribution in [-0.4, -0.2) is 4.57 Å². The normalized spacial score (nSPS) is 12.8. The molecule has 324 valence electrons. The van der Waals surface area contributed by atoms with Gasteiger partial charge in [-0.2, -0.15) is 0 Å². The van der Waals surface area contributed by atoms with Gasteiger partial charge in [0.25, 0.3) is 0 Å². The third-order valence-corrected chi connectivity index (χ3v) is 16.0. The van der Waals surface area contributed by atoms with Crippen molar-refractivity contribution < 1.29 is 0 Å². The number of anilines is 3. The maximum absolute atomic E-state index is 2.49. The molecule has 0 fully saturated rings. The van der Waals surface area contributed by atoms with E-state index in [0.29, 0.717) is 0 Å². The molecule has 2 aromatic heterocycles. The fourth-order valence-corrected chi connectivity index (χ4v) is 12.5. The molecular formula is C65H48N2S. The summed E-state index contributed by atoms with van der Waals surface area (Å²) in [7, 11) is 0. The van der Waals surface area contributed by atoms with Crippen molar-refractivity contribution in [3.63, 3.8) is 0 Å². The fourth-order valence-electron chi connectivity index (χ4n) is 11.3. The quantitative estimate of drug-likeness (QED) is 0.155. The number of hydrogen-bond acceptors (Lipinski definition) is 2. The monoisotopic (exact) mass is 888 g/mol. The van der Waals surface area contributed by atoms with Crippen LogP contribution in [0.2, 0.25) is 0 Å². The van der Waals surface area contributed by atoms with Crippen molar-refractivity contribution in [2.24, 2.45) is 0 Å². The molecule has 0 atom stereocenters. The predicted octanol–water partition coefficient (Wildman–Crippen LogP) is 18.5. The standard InChI is InChI=1S/C65H48N2S/c1-41-17-8-9-22-49(41)50-25-15-28-59(42(50)2)66(61-29-16-26-53-52-24-11-13-30-63(52)68-64(53)61)47-34-31-44(32-35-47)46-33-36-60-55(38-46)56-39-54-51-23-10-12-27-57(51)65(3,4)58(54)40-62(56)67(60)48-21-14-20-45(37-48)43-18-6-5-7-19-43/h5-40H,1-4H3. The average molecular weight is 889 g/mol. The van der Waals surface area contributed by atoms with Gasteiger partial charge in [0.05, 0.1) is 21.4 Å². The highest BCUT2D eigenvalue weighted by molar-refractivity contribution is 7.26. The molecular weight excluding hydrogens is 841 g/mol. The lowest BCUT2D eigenvalue weighted by Crippen LogP contribution is -2.14. The maximum Gasteiger partial charge on any atom is 0.0640 e. The SMILES string of the molecule is Cc1ccccc1-c1cccc(N(c2ccc(-c3ccc4c(c3)c3cc5c(cc3n4-c3cccc(-c4ccccc4)c3)C(C)(C)c3ccccc3-5)cc2)c2cccc3c2sc2ccccc23)c1C. The van der Waals surface area contributed by atoms with E-state index in [-0.39, 0.29) is 5.41 Å². The van der Waals surface area contributed by atoms with Crippen molar-refractivity contribution in [3.8, 4) is 50.2 Å². The van der Waals surface area contributed by atoms with Crippen LogP contribution < -0.4 is 4.90 Å². The Hall–Kier alpha value is -7.98. The van der Waals surface area contributed by atoms with Gasteiger partial charge in [-0.25, -0.2) is 0 Å². The van der Waals surface area contributed by atoms with Crippen LogP contribution in [0.15, 0.2) is 218 Å². The van der Waals surface area contributed by atoms with E-state index < -0.39 is 0 Å². The first-order valence-corrected chi connectivity index (χ1v) is 24.5. The lowest BCUT2D eigenvalue weighted by molar-refractivity contribution is 0.661. The Bertz CT molecular complexity index is 3960. The highest BCUT2D eigenvalue weighted by Crippen LogP contribution is 2.52. The Morgan fingerprint density at radius 3 is 1.90 bits per heavy atom. The van der Waals surface area contributed by atoms with E-state index in [2.05, 4.69) is 256 Å². The average Bonchev–Trinajstić information content (AvgIpc) is 4.00. The molecule has 3 heteroatoms. The molecule has 1 aliphatic carbocycles. The molecule has 0 unspecified atom stereocenters. The van der Waals surface area contributed by atoms with E-state index in [4.69, 9.17) is 0 Å². The van der Waals surface area contributed by atoms with Crippen molar-refractivity contribution in [2.75, 3.05) is 4.90 Å². The van der Waals surface area contributed by atoms with E-state index in [1.165, 1.54) is 120 Å². The minimum atomic E-state index is -0.114. The van der Waals surface area contributed by atoms with Crippen LogP contribution in [-0.2, 0) is 5.41 Å². The molecule has 0 radical (unpaired) electrons. The lowest BCUT2D eigenvalue weighted by Gasteiger charge is -2.29. The smallest absolute Gasteiger partial charge is 0.0640 e. The first-order valence-electron chi connectivity index (χ1n) is 23.7. The maximum atomic E-state index is 2.49. The van der Waals surface area contributed by atoms with E-state index in [9.17, 15) is 0 Å². The Balaban J connectivity index is 0.981. The highest BCUT2D eigenvalue weighted by Gasteiger charge is 2.36. The molecule has 2 heterocycles. The van der Waals surface area contributed by atoms with Crippen molar-refractivity contribution in [1.29, 1.82) is 0 Å². The summed E-state index contributed by atoms with van der Waals surface area (Å²) in [5.74, 6) is 0. The third kappa shape index (κ3) is 6.23. The van der Waals surface area contributed by atoms with Gasteiger partial charge in [0.1, 0.15) is 0 Å². The summed E-state index contributed by atoms with van der Waals surface area (Å²) in [6.07, 6.45) is 0. The van der Waals surface area contributed by atoms with Crippen molar-refractivity contribution in [3.05, 3.63) is 241 Å². The predicted molar refractivity (Wildman–Crippen MR) is 292 cm³/mol. The molecule has 0 bridgehead atoms. The van der Waals surface area contributed by atoms with Crippen molar-refractivity contribution in [2.45, 2.75) is 33.1 Å². The second-order valence-electron chi connectivity index (χ2n) is 19.0. The van der Waals surface area contributed by atoms with Crippen LogP contribution in [0, 0.1) is 13.8 Å². The summed E-state index contributed by atoms with van der Waals surface area (Å²) in [4.78, 5) is 2.49. The number of nitrogens with zero attached hydrogens (tertiary/aromatic N) is 2. The molecule has 68 heavy (non-hydrogen) atoms. The molecule has 0 N–H and O–H groups in total. The van der Waals surface area contributed by atoms with Crippen molar-refractivity contribution in [1.82, 2.24) is 4.57 Å². The topological polar surface area (TPSA) is 8.17 Å². The zero-order chi connectivity index (χ0) is 45.7. The lowest BCUT2D eigenvalue weighted by atomic mass is 9.82. The number of fused-ring (bicyclic) bond motifs is 9. The van der Waals surface area contributed by atoms with Gasteiger partial charge in [-0.15, -0.1) is 11.3 Å². The molecule has 1 aliphatic rings. The third-order valence-electron chi connectivity index (χ3n) is 14.7. The Morgan fingerprint density at radius 2 is 1.04 bits per heavy atom. The second kappa shape index (κ2) is 15.6. The van der Waals surface area contributed by atoms with E-state index in [0.717, 1.165) is 11.4 Å². The largest absolute Gasteiger partial charge is 0.309 e. The van der Waals surface area contributed by atoms with Crippen LogP contribution in [0.1, 0.15) is 36.1 Å². The van der Waals surface area contributed by atoms with Crippen LogP contribution in [0.3, 0.4) is 0 Å². The zero-order valence-corrected chi connectivity index (χ0v) is 39.4. The van der Waals surface area contributed by atoms with E-state index >= 15 is 0 Å². The Labute approximate surface area is 401 Å². The Kier molecular flexibility index (Phi) is 9.22. The highest BCUT2D eigenvalue weighted by atomic mass is 32.1. The fraction of sp³-hybridized carbons (Fsp3) is 0.0769. The summed E-state index contributed by atoms with van der Waals surface area (Å²) >= 11 is 1.88. The molecule has 0 aliphatic heterocycles. The van der Waals surface area contributed by atoms with E-state index in [1.54, 1.807) is 0 Å². The molecule has 10 aromatic carbocycles. The number of hydrogen-bond donors (Lipinski definition) is 0. The van der Waals surface area contributed by atoms with Gasteiger partial charge in [0, 0.05) is 48.7 Å². The van der Waals surface area contributed by atoms with Gasteiger partial charge in [0.15, 0.2) is 0 Å². The van der Waals surface area contributed by atoms with Crippen LogP contribution >= 0.6 is 11.3 Å². The number of aromatic nitrogens is 1. The molecule has 13 rings (SSSR count). The van der Waals surface area contributed by atoms with Crippen molar-refractivity contribution >= 4 is 70.4 Å². The molecule has 2 nitrogen and oxygen atoms in total. The summed E-state index contributed by atoms with van der Waals surface area (Å²) in [6.45, 7) is 9.24. The van der Waals surface area contributed by atoms with Gasteiger partial charge in [-0.3, -0.25) is 0 Å². The summed E-state index contributed by atoms with van der Waals surface area (Å²) in [5, 5.41) is 5.10. The van der Waals surface area contributed by atoms with Gasteiger partial charge >= 0.3 is 0 Å². The summed E-state index contributed by atoms with van der Waals surface area (Å²) in [5.41, 5.74) is 22.2. The van der Waals surface area contributed by atoms with Gasteiger partial charge < -0.3 is 9.47 Å². The minimum absolute atomic E-state index is 0.114. The van der Waals surface area contributed by atoms with Crippen LogP contribution in [0.5, 0.6) is 0 Å². The Morgan fingerprint density at radius 1 is 0.412 bits per heavy atom. The number of benzene rings is 10. The number of rotatable bonds is 7. The van der Waals surface area contributed by atoms with Gasteiger partial charge in [0.2, 0.25) is 0 Å². The molecule has 0 spiro atoms. The van der Waals surface area contributed by atoms with Crippen LogP contribution in [0.4, 0.5) is 17.1 Å². The molecule has 0 amide bonds. The van der Waals surface area contributed by atoms with Gasteiger partial charge in [-0.05, 0) is 147 Å². The number of thiophene rings is 1. The van der Waals surface area contributed by atoms with Crippen LogP contribution in [0.25, 0.3) is 92.2 Å². The first kappa shape index (κ1) is 40.3.